The second-order valence-corrected chi connectivity index (χ2v) is 6.52. The number of carbonyl (C=O) groups is 1. The molecule has 0 radical (unpaired) electrons. The molecule has 0 bridgehead atoms. The van der Waals surface area contributed by atoms with Crippen LogP contribution in [0.3, 0.4) is 0 Å². The maximum atomic E-state index is 12.7. The fourth-order valence-corrected chi connectivity index (χ4v) is 3.26. The van der Waals surface area contributed by atoms with Gasteiger partial charge in [-0.25, -0.2) is 0 Å². The van der Waals surface area contributed by atoms with Crippen LogP contribution in [0.1, 0.15) is 28.9 Å². The van der Waals surface area contributed by atoms with E-state index in [4.69, 9.17) is 4.74 Å². The van der Waals surface area contributed by atoms with Gasteiger partial charge in [0.25, 0.3) is 5.91 Å². The highest BCUT2D eigenvalue weighted by Gasteiger charge is 2.25. The van der Waals surface area contributed by atoms with Crippen LogP contribution in [0.15, 0.2) is 48.8 Å². The predicted octanol–water partition coefficient (Wildman–Crippen LogP) is 3.55. The fourth-order valence-electron chi connectivity index (χ4n) is 3.26. The van der Waals surface area contributed by atoms with E-state index in [1.54, 1.807) is 6.20 Å². The van der Waals surface area contributed by atoms with E-state index in [9.17, 15) is 4.79 Å². The number of benzene rings is 1. The molecule has 1 aliphatic heterocycles. The van der Waals surface area contributed by atoms with Gasteiger partial charge in [0.2, 0.25) is 0 Å². The van der Waals surface area contributed by atoms with Gasteiger partial charge in [0.15, 0.2) is 0 Å². The van der Waals surface area contributed by atoms with Crippen molar-refractivity contribution in [3.8, 4) is 5.75 Å². The summed E-state index contributed by atoms with van der Waals surface area (Å²) in [5.41, 5.74) is 2.77. The summed E-state index contributed by atoms with van der Waals surface area (Å²) in [5, 5.41) is 1.07. The summed E-state index contributed by atoms with van der Waals surface area (Å²) in [6.45, 7) is 3.39. The van der Waals surface area contributed by atoms with Crippen molar-refractivity contribution < 1.29 is 9.53 Å². The van der Waals surface area contributed by atoms with E-state index < -0.39 is 0 Å². The molecule has 1 saturated heterocycles. The van der Waals surface area contributed by atoms with Crippen LogP contribution in [0.25, 0.3) is 10.9 Å². The van der Waals surface area contributed by atoms with Crippen LogP contribution in [0.5, 0.6) is 5.75 Å². The third kappa shape index (κ3) is 3.36. The minimum absolute atomic E-state index is 0.0959. The first-order valence-corrected chi connectivity index (χ1v) is 8.65. The van der Waals surface area contributed by atoms with E-state index in [1.807, 2.05) is 54.4 Å². The van der Waals surface area contributed by atoms with Crippen molar-refractivity contribution in [1.82, 2.24) is 14.9 Å². The molecule has 5 heteroatoms. The first-order chi connectivity index (χ1) is 12.2. The molecule has 1 N–H and O–H groups in total. The number of carbonyl (C=O) groups excluding carboxylic acids is 1. The highest BCUT2D eigenvalue weighted by molar-refractivity contribution is 5.98. The van der Waals surface area contributed by atoms with Crippen LogP contribution in [0.2, 0.25) is 0 Å². The smallest absolute Gasteiger partial charge is 0.253 e. The lowest BCUT2D eigenvalue weighted by Crippen LogP contribution is -2.41. The summed E-state index contributed by atoms with van der Waals surface area (Å²) >= 11 is 0. The Bertz CT molecular complexity index is 877. The first kappa shape index (κ1) is 15.7. The number of ether oxygens (including phenoxy) is 1. The van der Waals surface area contributed by atoms with E-state index in [1.165, 1.54) is 0 Å². The molecule has 0 saturated carbocycles. The Morgan fingerprint density at radius 2 is 2.04 bits per heavy atom. The molecule has 128 valence electrons. The van der Waals surface area contributed by atoms with E-state index in [2.05, 4.69) is 9.97 Å². The predicted molar refractivity (Wildman–Crippen MR) is 96.8 cm³/mol. The minimum Gasteiger partial charge on any atom is -0.489 e. The van der Waals surface area contributed by atoms with Crippen molar-refractivity contribution in [2.45, 2.75) is 25.9 Å². The number of aromatic nitrogens is 2. The van der Waals surface area contributed by atoms with Crippen molar-refractivity contribution in [3.05, 3.63) is 60.0 Å². The van der Waals surface area contributed by atoms with Gasteiger partial charge in [-0.15, -0.1) is 0 Å². The van der Waals surface area contributed by atoms with Gasteiger partial charge in [0.05, 0.1) is 6.20 Å². The number of piperidine rings is 1. The number of aromatic amines is 1. The zero-order valence-electron chi connectivity index (χ0n) is 14.2. The zero-order valence-corrected chi connectivity index (χ0v) is 14.2. The Labute approximate surface area is 146 Å². The number of fused-ring (bicyclic) bond motifs is 1. The quantitative estimate of drug-likeness (QED) is 0.796. The molecule has 3 aromatic rings. The molecule has 2 aromatic heterocycles. The molecule has 0 aliphatic carbocycles. The van der Waals surface area contributed by atoms with E-state index >= 15 is 0 Å². The van der Waals surface area contributed by atoms with E-state index in [-0.39, 0.29) is 12.0 Å². The average molecular weight is 335 g/mol. The van der Waals surface area contributed by atoms with Crippen LogP contribution in [0.4, 0.5) is 0 Å². The number of nitrogens with one attached hydrogen (secondary N) is 1. The van der Waals surface area contributed by atoms with Crippen LogP contribution in [-0.4, -0.2) is 40.0 Å². The molecule has 1 aromatic carbocycles. The third-order valence-corrected chi connectivity index (χ3v) is 4.72. The molecular formula is C20H21N3O2. The minimum atomic E-state index is 0.0959. The normalized spacial score (nSPS) is 15.5. The number of pyridine rings is 1. The second kappa shape index (κ2) is 6.59. The second-order valence-electron chi connectivity index (χ2n) is 6.52. The number of amides is 1. The van der Waals surface area contributed by atoms with Crippen molar-refractivity contribution >= 4 is 16.8 Å². The summed E-state index contributed by atoms with van der Waals surface area (Å²) in [5.74, 6) is 0.895. The van der Waals surface area contributed by atoms with Gasteiger partial charge in [-0.3, -0.25) is 9.78 Å². The highest BCUT2D eigenvalue weighted by Crippen LogP contribution is 2.21. The van der Waals surface area contributed by atoms with Gasteiger partial charge in [0.1, 0.15) is 11.9 Å². The number of nitrogens with zero attached hydrogens (tertiary/aromatic N) is 2. The highest BCUT2D eigenvalue weighted by atomic mass is 16.5. The third-order valence-electron chi connectivity index (χ3n) is 4.72. The summed E-state index contributed by atoms with van der Waals surface area (Å²) in [6, 6.07) is 11.7. The number of aryl methyl sites for hydroxylation is 1. The van der Waals surface area contributed by atoms with Crippen LogP contribution in [0, 0.1) is 6.92 Å². The number of hydrogen-bond acceptors (Lipinski definition) is 3. The average Bonchev–Trinajstić information content (AvgIpc) is 3.11. The van der Waals surface area contributed by atoms with Crippen molar-refractivity contribution in [3.63, 3.8) is 0 Å². The standard InChI is InChI=1S/C20H21N3O2/c1-14-2-4-18(13-22-14)25-17-7-10-23(11-8-17)20(24)16-3-5-19-15(12-16)6-9-21-19/h2-6,9,12-13,17,21H,7-8,10-11H2,1H3. The van der Waals surface area contributed by atoms with Crippen molar-refractivity contribution in [1.29, 1.82) is 0 Å². The molecule has 0 unspecified atom stereocenters. The molecule has 1 amide bonds. The number of H-pyrrole nitrogens is 1. The van der Waals surface area contributed by atoms with Crippen molar-refractivity contribution in [2.75, 3.05) is 13.1 Å². The monoisotopic (exact) mass is 335 g/mol. The molecule has 4 rings (SSSR count). The van der Waals surface area contributed by atoms with E-state index in [0.717, 1.165) is 40.8 Å². The largest absolute Gasteiger partial charge is 0.489 e. The molecule has 3 heterocycles. The van der Waals surface area contributed by atoms with Gasteiger partial charge in [-0.05, 0) is 43.3 Å². The summed E-state index contributed by atoms with van der Waals surface area (Å²) in [4.78, 5) is 22.1. The molecular weight excluding hydrogens is 314 g/mol. The Kier molecular flexibility index (Phi) is 4.14. The Morgan fingerprint density at radius 3 is 2.80 bits per heavy atom. The molecule has 25 heavy (non-hydrogen) atoms. The van der Waals surface area contributed by atoms with Crippen molar-refractivity contribution in [2.24, 2.45) is 0 Å². The Hall–Kier alpha value is -2.82. The SMILES string of the molecule is Cc1ccc(OC2CCN(C(=O)c3ccc4[nH]ccc4c3)CC2)cn1. The number of hydrogen-bond donors (Lipinski definition) is 1. The van der Waals surface area contributed by atoms with Gasteiger partial charge >= 0.3 is 0 Å². The molecule has 5 nitrogen and oxygen atoms in total. The lowest BCUT2D eigenvalue weighted by molar-refractivity contribution is 0.0595. The number of likely N-dealkylation sites (tertiary alicyclic amines) is 1. The topological polar surface area (TPSA) is 58.2 Å². The van der Waals surface area contributed by atoms with Crippen LogP contribution < -0.4 is 4.74 Å². The van der Waals surface area contributed by atoms with Crippen LogP contribution in [-0.2, 0) is 0 Å². The lowest BCUT2D eigenvalue weighted by Gasteiger charge is -2.32. The Morgan fingerprint density at radius 1 is 1.20 bits per heavy atom. The maximum absolute atomic E-state index is 12.7. The number of rotatable bonds is 3. The van der Waals surface area contributed by atoms with Gasteiger partial charge in [0, 0.05) is 54.3 Å². The molecule has 0 spiro atoms. The van der Waals surface area contributed by atoms with Crippen LogP contribution >= 0.6 is 0 Å². The van der Waals surface area contributed by atoms with Gasteiger partial charge in [-0.2, -0.15) is 0 Å². The van der Waals surface area contributed by atoms with Gasteiger partial charge in [-0.1, -0.05) is 0 Å². The zero-order chi connectivity index (χ0) is 17.2. The fraction of sp³-hybridized carbons (Fsp3) is 0.300. The summed E-state index contributed by atoms with van der Waals surface area (Å²) in [6.07, 6.45) is 5.47. The van der Waals surface area contributed by atoms with Gasteiger partial charge < -0.3 is 14.6 Å². The maximum Gasteiger partial charge on any atom is 0.253 e. The molecule has 0 atom stereocenters. The lowest BCUT2D eigenvalue weighted by atomic mass is 10.1. The Balaban J connectivity index is 1.37. The summed E-state index contributed by atoms with van der Waals surface area (Å²) in [7, 11) is 0. The first-order valence-electron chi connectivity index (χ1n) is 8.65. The summed E-state index contributed by atoms with van der Waals surface area (Å²) < 4.78 is 5.99. The van der Waals surface area contributed by atoms with E-state index in [0.29, 0.717) is 13.1 Å². The molecule has 1 aliphatic rings. The molecule has 1 fully saturated rings.